The fourth-order valence-electron chi connectivity index (χ4n) is 3.51. The van der Waals surface area contributed by atoms with E-state index in [1.165, 1.54) is 16.9 Å². The van der Waals surface area contributed by atoms with E-state index in [4.69, 9.17) is 9.47 Å². The van der Waals surface area contributed by atoms with E-state index in [1.807, 2.05) is 30.3 Å². The molecule has 0 bridgehead atoms. The number of methoxy groups -OCH3 is 1. The molecule has 158 valence electrons. The predicted octanol–water partition coefficient (Wildman–Crippen LogP) is 1.71. The molecule has 0 saturated carbocycles. The number of carbonyl (C=O) groups excluding carboxylic acids is 2. The lowest BCUT2D eigenvalue weighted by Gasteiger charge is -2.40. The van der Waals surface area contributed by atoms with Crippen LogP contribution >= 0.6 is 0 Å². The lowest BCUT2D eigenvalue weighted by atomic mass is 9.97. The number of carboxylic acids is 1. The van der Waals surface area contributed by atoms with Gasteiger partial charge in [0.25, 0.3) is 5.91 Å². The van der Waals surface area contributed by atoms with Crippen molar-refractivity contribution in [2.75, 3.05) is 27.3 Å². The van der Waals surface area contributed by atoms with Crippen molar-refractivity contribution in [3.05, 3.63) is 65.7 Å². The fourth-order valence-corrected chi connectivity index (χ4v) is 3.51. The molecule has 1 heterocycles. The van der Waals surface area contributed by atoms with Gasteiger partial charge >= 0.3 is 5.97 Å². The van der Waals surface area contributed by atoms with Crippen LogP contribution in [0.2, 0.25) is 0 Å². The van der Waals surface area contributed by atoms with Crippen molar-refractivity contribution in [3.63, 3.8) is 0 Å². The van der Waals surface area contributed by atoms with Crippen molar-refractivity contribution >= 4 is 17.8 Å². The van der Waals surface area contributed by atoms with E-state index in [1.54, 1.807) is 31.3 Å². The lowest BCUT2D eigenvalue weighted by Crippen LogP contribution is -2.54. The molecule has 2 aromatic rings. The number of amides is 2. The van der Waals surface area contributed by atoms with Crippen molar-refractivity contribution in [3.8, 4) is 5.75 Å². The van der Waals surface area contributed by atoms with Gasteiger partial charge in [-0.1, -0.05) is 42.5 Å². The maximum atomic E-state index is 13.4. The zero-order valence-electron chi connectivity index (χ0n) is 16.9. The second-order valence-corrected chi connectivity index (χ2v) is 7.03. The molecule has 8 nitrogen and oxygen atoms in total. The van der Waals surface area contributed by atoms with Crippen molar-refractivity contribution in [2.45, 2.75) is 18.7 Å². The molecule has 1 fully saturated rings. The van der Waals surface area contributed by atoms with Crippen LogP contribution in [-0.4, -0.2) is 66.1 Å². The maximum Gasteiger partial charge on any atom is 0.323 e. The molecule has 2 aromatic carbocycles. The second-order valence-electron chi connectivity index (χ2n) is 7.03. The molecule has 0 unspecified atom stereocenters. The molecule has 2 amide bonds. The summed E-state index contributed by atoms with van der Waals surface area (Å²) in [6, 6.07) is 15.5. The summed E-state index contributed by atoms with van der Waals surface area (Å²) in [6.07, 6.45) is -1.01. The Hall–Kier alpha value is -3.39. The molecule has 2 atom stereocenters. The minimum atomic E-state index is -1.14. The van der Waals surface area contributed by atoms with Crippen LogP contribution in [0.1, 0.15) is 17.2 Å². The Morgan fingerprint density at radius 3 is 2.60 bits per heavy atom. The highest BCUT2D eigenvalue weighted by Crippen LogP contribution is 2.30. The van der Waals surface area contributed by atoms with Crippen LogP contribution in [0.5, 0.6) is 5.75 Å². The first-order chi connectivity index (χ1) is 14.4. The van der Waals surface area contributed by atoms with E-state index >= 15 is 0 Å². The summed E-state index contributed by atoms with van der Waals surface area (Å²) >= 11 is 0. The molecule has 1 N–H and O–H groups in total. The summed E-state index contributed by atoms with van der Waals surface area (Å²) in [5.74, 6) is -1.27. The molecule has 1 aliphatic heterocycles. The van der Waals surface area contributed by atoms with Gasteiger partial charge in [0, 0.05) is 13.6 Å². The number of carboxylic acid groups (broad SMARTS) is 1. The highest BCUT2D eigenvalue weighted by molar-refractivity contribution is 5.88. The summed E-state index contributed by atoms with van der Waals surface area (Å²) in [7, 11) is 3.15. The van der Waals surface area contributed by atoms with Crippen LogP contribution in [0, 0.1) is 0 Å². The van der Waals surface area contributed by atoms with Crippen LogP contribution in [0.25, 0.3) is 0 Å². The Morgan fingerprint density at radius 1 is 1.20 bits per heavy atom. The highest BCUT2D eigenvalue weighted by Gasteiger charge is 2.42. The summed E-state index contributed by atoms with van der Waals surface area (Å²) in [4.78, 5) is 39.8. The summed E-state index contributed by atoms with van der Waals surface area (Å²) in [5.41, 5.74) is 1.46. The van der Waals surface area contributed by atoms with E-state index in [0.29, 0.717) is 5.75 Å². The number of hydrogen-bond acceptors (Lipinski definition) is 5. The lowest BCUT2D eigenvalue weighted by molar-refractivity contribution is -0.169. The van der Waals surface area contributed by atoms with Gasteiger partial charge in [-0.25, -0.2) is 0 Å². The average molecular weight is 412 g/mol. The molecule has 0 radical (unpaired) electrons. The van der Waals surface area contributed by atoms with E-state index < -0.39 is 30.6 Å². The van der Waals surface area contributed by atoms with Gasteiger partial charge in [0.05, 0.1) is 13.2 Å². The van der Waals surface area contributed by atoms with Crippen molar-refractivity contribution < 1.29 is 29.0 Å². The largest absolute Gasteiger partial charge is 0.497 e. The third-order valence-electron chi connectivity index (χ3n) is 5.01. The molecule has 8 heteroatoms. The number of ether oxygens (including phenoxy) is 2. The Balaban J connectivity index is 1.91. The van der Waals surface area contributed by atoms with Gasteiger partial charge in [0.15, 0.2) is 6.10 Å². The first-order valence-electron chi connectivity index (χ1n) is 9.46. The smallest absolute Gasteiger partial charge is 0.323 e. The zero-order valence-corrected chi connectivity index (χ0v) is 16.9. The summed E-state index contributed by atoms with van der Waals surface area (Å²) in [5, 5.41) is 9.36. The van der Waals surface area contributed by atoms with Crippen LogP contribution in [-0.2, 0) is 25.7 Å². The third-order valence-corrected chi connectivity index (χ3v) is 5.01. The minimum Gasteiger partial charge on any atom is -0.497 e. The molecule has 0 aromatic heterocycles. The fraction of sp³-hybridized carbons (Fsp3) is 0.318. The molecule has 30 heavy (non-hydrogen) atoms. The van der Waals surface area contributed by atoms with Gasteiger partial charge in [0.2, 0.25) is 5.91 Å². The van der Waals surface area contributed by atoms with Gasteiger partial charge in [-0.05, 0) is 23.3 Å². The van der Waals surface area contributed by atoms with Gasteiger partial charge in [-0.2, -0.15) is 0 Å². The minimum absolute atomic E-state index is 0.0708. The Kier molecular flexibility index (Phi) is 6.68. The van der Waals surface area contributed by atoms with E-state index in [0.717, 1.165) is 11.1 Å². The molecule has 0 aliphatic carbocycles. The standard InChI is InChI=1S/C22H24N2O6/c1-23-18(25)14-30-21(20(23)16-8-4-3-5-9-16)22(28)24(13-19(26)27)12-15-7-6-10-17(11-15)29-2/h3-11,20-21H,12-14H2,1-2H3,(H,26,27)/t20-,21-/m1/s1. The van der Waals surface area contributed by atoms with Crippen molar-refractivity contribution in [1.82, 2.24) is 9.80 Å². The summed E-state index contributed by atoms with van der Waals surface area (Å²) < 4.78 is 10.8. The number of carbonyl (C=O) groups is 3. The Labute approximate surface area is 174 Å². The molecule has 0 spiro atoms. The van der Waals surface area contributed by atoms with Crippen LogP contribution in [0.4, 0.5) is 0 Å². The molecule has 3 rings (SSSR count). The number of benzene rings is 2. The van der Waals surface area contributed by atoms with Gasteiger partial charge in [-0.3, -0.25) is 14.4 Å². The van der Waals surface area contributed by atoms with Gasteiger partial charge in [-0.15, -0.1) is 0 Å². The first-order valence-corrected chi connectivity index (χ1v) is 9.46. The normalized spacial score (nSPS) is 18.7. The SMILES string of the molecule is COc1cccc(CN(CC(=O)O)C(=O)[C@@H]2OCC(=O)N(C)[C@@H]2c2ccccc2)c1. The number of nitrogens with zero attached hydrogens (tertiary/aromatic N) is 2. The monoisotopic (exact) mass is 412 g/mol. The van der Waals surface area contributed by atoms with E-state index in [-0.39, 0.29) is 19.1 Å². The maximum absolute atomic E-state index is 13.4. The van der Waals surface area contributed by atoms with E-state index in [2.05, 4.69) is 0 Å². The van der Waals surface area contributed by atoms with Crippen molar-refractivity contribution in [2.24, 2.45) is 0 Å². The molecular weight excluding hydrogens is 388 g/mol. The summed E-state index contributed by atoms with van der Waals surface area (Å²) in [6.45, 7) is -0.660. The van der Waals surface area contributed by atoms with Gasteiger partial charge < -0.3 is 24.4 Å². The first kappa shape index (κ1) is 21.3. The third kappa shape index (κ3) is 4.77. The number of hydrogen-bond donors (Lipinski definition) is 1. The Bertz CT molecular complexity index is 917. The zero-order chi connectivity index (χ0) is 21.7. The van der Waals surface area contributed by atoms with Crippen LogP contribution < -0.4 is 4.74 Å². The number of rotatable bonds is 7. The highest BCUT2D eigenvalue weighted by atomic mass is 16.5. The number of aliphatic carboxylic acids is 1. The quantitative estimate of drug-likeness (QED) is 0.744. The molecule has 1 aliphatic rings. The number of morpholine rings is 1. The second kappa shape index (κ2) is 9.41. The molecule has 1 saturated heterocycles. The average Bonchev–Trinajstić information content (AvgIpc) is 2.75. The van der Waals surface area contributed by atoms with Crippen molar-refractivity contribution in [1.29, 1.82) is 0 Å². The van der Waals surface area contributed by atoms with Crippen LogP contribution in [0.15, 0.2) is 54.6 Å². The predicted molar refractivity (Wildman–Crippen MR) is 108 cm³/mol. The Morgan fingerprint density at radius 2 is 1.93 bits per heavy atom. The topological polar surface area (TPSA) is 96.4 Å². The number of likely N-dealkylation sites (N-methyl/N-ethyl adjacent to an activating group) is 1. The van der Waals surface area contributed by atoms with Crippen LogP contribution in [0.3, 0.4) is 0 Å². The van der Waals surface area contributed by atoms with Gasteiger partial charge in [0.1, 0.15) is 18.9 Å². The van der Waals surface area contributed by atoms with E-state index in [9.17, 15) is 19.5 Å². The molecular formula is C22H24N2O6.